The van der Waals surface area contributed by atoms with E-state index in [4.69, 9.17) is 4.74 Å². The third-order valence-corrected chi connectivity index (χ3v) is 4.17. The molecule has 0 atom stereocenters. The maximum absolute atomic E-state index is 12.2. The van der Waals surface area contributed by atoms with E-state index in [0.29, 0.717) is 18.0 Å². The molecule has 0 radical (unpaired) electrons. The van der Waals surface area contributed by atoms with E-state index in [1.54, 1.807) is 36.3 Å². The molecule has 0 aliphatic heterocycles. The number of amides is 3. The van der Waals surface area contributed by atoms with Crippen LogP contribution >= 0.6 is 0 Å². The summed E-state index contributed by atoms with van der Waals surface area (Å²) in [4.78, 5) is 37.9. The van der Waals surface area contributed by atoms with Crippen molar-refractivity contribution in [2.24, 2.45) is 5.92 Å². The number of anilines is 1. The molecule has 1 saturated carbocycles. The molecule has 7 nitrogen and oxygen atoms in total. The Morgan fingerprint density at radius 1 is 1.15 bits per heavy atom. The molecule has 1 aromatic rings. The summed E-state index contributed by atoms with van der Waals surface area (Å²) >= 11 is 0. The molecule has 2 N–H and O–H groups in total. The van der Waals surface area contributed by atoms with Crippen molar-refractivity contribution >= 4 is 23.4 Å². The second kappa shape index (κ2) is 9.79. The number of hydrogen-bond donors (Lipinski definition) is 2. The van der Waals surface area contributed by atoms with Crippen LogP contribution in [0.1, 0.15) is 32.6 Å². The summed E-state index contributed by atoms with van der Waals surface area (Å²) in [6, 6.07) is 6.92. The van der Waals surface area contributed by atoms with Crippen molar-refractivity contribution in [1.82, 2.24) is 10.2 Å². The zero-order valence-corrected chi connectivity index (χ0v) is 15.4. The van der Waals surface area contributed by atoms with Gasteiger partial charge in [-0.2, -0.15) is 0 Å². The van der Waals surface area contributed by atoms with Gasteiger partial charge in [0.2, 0.25) is 17.7 Å². The first-order valence-corrected chi connectivity index (χ1v) is 9.03. The summed E-state index contributed by atoms with van der Waals surface area (Å²) in [5, 5.41) is 5.27. The highest BCUT2D eigenvalue weighted by atomic mass is 16.5. The van der Waals surface area contributed by atoms with Gasteiger partial charge in [0.05, 0.1) is 20.2 Å². The van der Waals surface area contributed by atoms with Gasteiger partial charge in [0.15, 0.2) is 0 Å². The Hall–Kier alpha value is -2.57. The van der Waals surface area contributed by atoms with E-state index >= 15 is 0 Å². The summed E-state index contributed by atoms with van der Waals surface area (Å²) < 4.78 is 5.06. The molecule has 0 unspecified atom stereocenters. The number of nitrogens with zero attached hydrogens (tertiary/aromatic N) is 1. The van der Waals surface area contributed by atoms with Crippen molar-refractivity contribution < 1.29 is 19.1 Å². The molecule has 0 saturated heterocycles. The van der Waals surface area contributed by atoms with Crippen molar-refractivity contribution in [3.63, 3.8) is 0 Å². The summed E-state index contributed by atoms with van der Waals surface area (Å²) in [5.41, 5.74) is 0.624. The summed E-state index contributed by atoms with van der Waals surface area (Å²) in [6.45, 7) is 2.50. The third kappa shape index (κ3) is 6.38. The van der Waals surface area contributed by atoms with Crippen LogP contribution in [-0.2, 0) is 14.4 Å². The molecule has 142 valence electrons. The highest BCUT2D eigenvalue weighted by Crippen LogP contribution is 2.31. The Morgan fingerprint density at radius 3 is 2.42 bits per heavy atom. The van der Waals surface area contributed by atoms with Gasteiger partial charge in [-0.15, -0.1) is 0 Å². The Bertz CT molecular complexity index is 626. The van der Waals surface area contributed by atoms with E-state index in [0.717, 1.165) is 25.7 Å². The van der Waals surface area contributed by atoms with Crippen LogP contribution in [0.4, 0.5) is 5.69 Å². The molecular weight excluding hydrogens is 334 g/mol. The standard InChI is InChI=1S/C19H27N3O4/c1-3-4-11-22(19(25)14-5-6-14)13-18(24)20-12-17(23)21-15-7-9-16(26-2)10-8-15/h7-10,14H,3-6,11-13H2,1-2H3,(H,20,24)(H,21,23). The van der Waals surface area contributed by atoms with Crippen LogP contribution in [0.15, 0.2) is 24.3 Å². The normalized spacial score (nSPS) is 13.0. The predicted octanol–water partition coefficient (Wildman–Crippen LogP) is 1.79. The number of rotatable bonds is 10. The lowest BCUT2D eigenvalue weighted by atomic mass is 10.2. The maximum atomic E-state index is 12.2. The minimum absolute atomic E-state index is 0.00511. The van der Waals surface area contributed by atoms with Gasteiger partial charge in [0, 0.05) is 18.2 Å². The Morgan fingerprint density at radius 2 is 1.85 bits per heavy atom. The van der Waals surface area contributed by atoms with Gasteiger partial charge in [0.25, 0.3) is 0 Å². The monoisotopic (exact) mass is 361 g/mol. The lowest BCUT2D eigenvalue weighted by molar-refractivity contribution is -0.137. The molecule has 0 heterocycles. The molecule has 7 heteroatoms. The molecule has 0 aromatic heterocycles. The molecular formula is C19H27N3O4. The summed E-state index contributed by atoms with van der Waals surface area (Å²) in [7, 11) is 1.57. The van der Waals surface area contributed by atoms with Crippen molar-refractivity contribution in [3.8, 4) is 5.75 Å². The number of ether oxygens (including phenoxy) is 1. The van der Waals surface area contributed by atoms with E-state index in [1.165, 1.54) is 0 Å². The van der Waals surface area contributed by atoms with E-state index in [2.05, 4.69) is 10.6 Å². The Kier molecular flexibility index (Phi) is 7.44. The molecule has 1 aromatic carbocycles. The fourth-order valence-corrected chi connectivity index (χ4v) is 2.49. The first kappa shape index (κ1) is 19.8. The van der Waals surface area contributed by atoms with Crippen LogP contribution in [-0.4, -0.2) is 49.4 Å². The predicted molar refractivity (Wildman–Crippen MR) is 98.8 cm³/mol. The van der Waals surface area contributed by atoms with Crippen molar-refractivity contribution in [3.05, 3.63) is 24.3 Å². The Balaban J connectivity index is 1.76. The number of carbonyl (C=O) groups excluding carboxylic acids is 3. The average molecular weight is 361 g/mol. The van der Waals surface area contributed by atoms with Crippen molar-refractivity contribution in [2.45, 2.75) is 32.6 Å². The van der Waals surface area contributed by atoms with Crippen LogP contribution in [0.3, 0.4) is 0 Å². The molecule has 1 fully saturated rings. The van der Waals surface area contributed by atoms with Gasteiger partial charge in [-0.05, 0) is 43.5 Å². The molecule has 1 aliphatic carbocycles. The molecule has 0 bridgehead atoms. The Labute approximate surface area is 154 Å². The van der Waals surface area contributed by atoms with Crippen molar-refractivity contribution in [1.29, 1.82) is 0 Å². The zero-order valence-electron chi connectivity index (χ0n) is 15.4. The largest absolute Gasteiger partial charge is 0.497 e. The lowest BCUT2D eigenvalue weighted by Gasteiger charge is -2.22. The van der Waals surface area contributed by atoms with Gasteiger partial charge >= 0.3 is 0 Å². The van der Waals surface area contributed by atoms with Gasteiger partial charge in [-0.3, -0.25) is 14.4 Å². The topological polar surface area (TPSA) is 87.7 Å². The lowest BCUT2D eigenvalue weighted by Crippen LogP contribution is -2.43. The second-order valence-electron chi connectivity index (χ2n) is 6.44. The number of methoxy groups -OCH3 is 1. The zero-order chi connectivity index (χ0) is 18.9. The number of hydrogen-bond acceptors (Lipinski definition) is 4. The number of unbranched alkanes of at least 4 members (excludes halogenated alkanes) is 1. The number of nitrogens with one attached hydrogen (secondary N) is 2. The number of carbonyl (C=O) groups is 3. The molecule has 3 amide bonds. The first-order chi connectivity index (χ1) is 12.5. The molecule has 0 spiro atoms. The highest BCUT2D eigenvalue weighted by molar-refractivity contribution is 5.95. The van der Waals surface area contributed by atoms with Gasteiger partial charge in [-0.25, -0.2) is 0 Å². The van der Waals surface area contributed by atoms with E-state index in [9.17, 15) is 14.4 Å². The van der Waals surface area contributed by atoms with Crippen LogP contribution < -0.4 is 15.4 Å². The second-order valence-corrected chi connectivity index (χ2v) is 6.44. The maximum Gasteiger partial charge on any atom is 0.243 e. The van der Waals surface area contributed by atoms with Crippen LogP contribution in [0.2, 0.25) is 0 Å². The number of benzene rings is 1. The minimum atomic E-state index is -0.322. The van der Waals surface area contributed by atoms with Crippen LogP contribution in [0.5, 0.6) is 5.75 Å². The molecule has 26 heavy (non-hydrogen) atoms. The van der Waals surface area contributed by atoms with E-state index in [-0.39, 0.29) is 36.7 Å². The fraction of sp³-hybridized carbons (Fsp3) is 0.526. The quantitative estimate of drug-likeness (QED) is 0.665. The summed E-state index contributed by atoms with van der Waals surface area (Å²) in [6.07, 6.45) is 3.64. The molecule has 1 aliphatic rings. The van der Waals surface area contributed by atoms with Crippen LogP contribution in [0, 0.1) is 5.92 Å². The average Bonchev–Trinajstić information content (AvgIpc) is 3.48. The van der Waals surface area contributed by atoms with Gasteiger partial charge in [-0.1, -0.05) is 13.3 Å². The van der Waals surface area contributed by atoms with E-state index in [1.807, 2.05) is 6.92 Å². The SMILES string of the molecule is CCCCN(CC(=O)NCC(=O)Nc1ccc(OC)cc1)C(=O)C1CC1. The minimum Gasteiger partial charge on any atom is -0.497 e. The molecule has 2 rings (SSSR count). The van der Waals surface area contributed by atoms with Crippen molar-refractivity contribution in [2.75, 3.05) is 32.1 Å². The third-order valence-electron chi connectivity index (χ3n) is 4.17. The van der Waals surface area contributed by atoms with E-state index < -0.39 is 0 Å². The van der Waals surface area contributed by atoms with Gasteiger partial charge < -0.3 is 20.3 Å². The first-order valence-electron chi connectivity index (χ1n) is 9.03. The summed E-state index contributed by atoms with van der Waals surface area (Å²) in [5.74, 6) is 0.190. The smallest absolute Gasteiger partial charge is 0.243 e. The highest BCUT2D eigenvalue weighted by Gasteiger charge is 2.33. The van der Waals surface area contributed by atoms with Crippen LogP contribution in [0.25, 0.3) is 0 Å². The fourth-order valence-electron chi connectivity index (χ4n) is 2.49. The van der Waals surface area contributed by atoms with Gasteiger partial charge in [0.1, 0.15) is 5.75 Å².